The number of ether oxygens (including phenoxy) is 3. The number of aliphatic hydroxyl groups is 7. The van der Waals surface area contributed by atoms with E-state index in [0.29, 0.717) is 5.52 Å². The molecule has 0 aliphatic carbocycles. The zero-order chi connectivity index (χ0) is 23.9. The molecule has 0 saturated carbocycles. The van der Waals surface area contributed by atoms with Crippen molar-refractivity contribution in [2.24, 2.45) is 0 Å². The van der Waals surface area contributed by atoms with Crippen molar-refractivity contribution >= 4 is 10.9 Å². The molecular formula is C21H28NO11+. The van der Waals surface area contributed by atoms with Crippen molar-refractivity contribution in [1.82, 2.24) is 0 Å². The average molecular weight is 470 g/mol. The summed E-state index contributed by atoms with van der Waals surface area (Å²) in [5.41, 5.74) is 0.707. The number of benzene rings is 1. The highest BCUT2D eigenvalue weighted by Crippen LogP contribution is 2.28. The van der Waals surface area contributed by atoms with Gasteiger partial charge in [0.1, 0.15) is 54.6 Å². The molecule has 0 spiro atoms. The van der Waals surface area contributed by atoms with Gasteiger partial charge in [-0.25, -0.2) is 0 Å². The number of hydrogen-bond acceptors (Lipinski definition) is 11. The average Bonchev–Trinajstić information content (AvgIpc) is 2.80. The Kier molecular flexibility index (Phi) is 7.12. The maximum Gasteiger partial charge on any atom is 0.212 e. The van der Waals surface area contributed by atoms with Gasteiger partial charge in [0.25, 0.3) is 0 Å². The van der Waals surface area contributed by atoms with Gasteiger partial charge in [0.15, 0.2) is 25.3 Å². The van der Waals surface area contributed by atoms with Crippen LogP contribution in [0.2, 0.25) is 0 Å². The molecule has 33 heavy (non-hydrogen) atoms. The zero-order valence-electron chi connectivity index (χ0n) is 17.4. The molecule has 4 rings (SSSR count). The molecule has 1 aromatic heterocycles. The maximum absolute atomic E-state index is 10.5. The van der Waals surface area contributed by atoms with Gasteiger partial charge in [-0.05, 0) is 18.2 Å². The summed E-state index contributed by atoms with van der Waals surface area (Å²) in [6.07, 6.45) is -13.7. The number of rotatable bonds is 5. The van der Waals surface area contributed by atoms with Crippen molar-refractivity contribution in [2.45, 2.75) is 68.0 Å². The molecular weight excluding hydrogens is 442 g/mol. The predicted molar refractivity (Wildman–Crippen MR) is 107 cm³/mol. The van der Waals surface area contributed by atoms with E-state index in [9.17, 15) is 40.9 Å². The maximum atomic E-state index is 10.5. The Morgan fingerprint density at radius 2 is 1.39 bits per heavy atom. The third-order valence-electron chi connectivity index (χ3n) is 6.02. The van der Waals surface area contributed by atoms with Crippen LogP contribution in [-0.2, 0) is 20.8 Å². The molecule has 1 aromatic carbocycles. The first-order valence-electron chi connectivity index (χ1n) is 10.5. The summed E-state index contributed by atoms with van der Waals surface area (Å²) in [6, 6.07) is 8.25. The van der Waals surface area contributed by atoms with Gasteiger partial charge in [-0.15, -0.1) is 0 Å². The molecule has 0 bridgehead atoms. The molecule has 2 fully saturated rings. The number of aliphatic hydroxyl groups excluding tert-OH is 7. The van der Waals surface area contributed by atoms with E-state index in [1.165, 1.54) is 6.07 Å². The van der Waals surface area contributed by atoms with Crippen molar-refractivity contribution in [2.75, 3.05) is 6.61 Å². The van der Waals surface area contributed by atoms with Crippen molar-refractivity contribution in [3.8, 4) is 5.75 Å². The van der Waals surface area contributed by atoms with E-state index in [2.05, 4.69) is 0 Å². The highest BCUT2D eigenvalue weighted by Gasteiger charge is 2.50. The highest BCUT2D eigenvalue weighted by molar-refractivity contribution is 5.76. The Hall–Kier alpha value is -1.97. The van der Waals surface area contributed by atoms with Crippen molar-refractivity contribution in [1.29, 1.82) is 0 Å². The van der Waals surface area contributed by atoms with Gasteiger partial charge in [0.2, 0.25) is 5.52 Å². The lowest BCUT2D eigenvalue weighted by molar-refractivity contribution is -0.683. The molecule has 2 aliphatic heterocycles. The second-order valence-electron chi connectivity index (χ2n) is 8.25. The zero-order valence-corrected chi connectivity index (χ0v) is 17.4. The second kappa shape index (κ2) is 9.72. The fourth-order valence-electron chi connectivity index (χ4n) is 4.11. The summed E-state index contributed by atoms with van der Waals surface area (Å²) < 4.78 is 18.1. The minimum Gasteiger partial charge on any atom is -0.508 e. The molecule has 2 aliphatic rings. The van der Waals surface area contributed by atoms with E-state index in [4.69, 9.17) is 14.2 Å². The van der Waals surface area contributed by atoms with E-state index in [0.717, 1.165) is 5.39 Å². The minimum absolute atomic E-state index is 0.0294. The standard InChI is InChI=1S/C21H27NO11/c23-8-13-15(26)17(28)19(30)21(32-13)33-20-18(29)16(27)14(25)12(31-20)7-22-5-1-2-9-6-10(24)3-4-11(9)22/h1-6,12-21,23,25-30H,7-8H2/p+1/t12-,13-,14-,15-,16+,17+,18-,19-,20-,21-/m1/s1. The Morgan fingerprint density at radius 1 is 0.788 bits per heavy atom. The number of fused-ring (bicyclic) bond motifs is 1. The van der Waals surface area contributed by atoms with Crippen molar-refractivity contribution in [3.63, 3.8) is 0 Å². The number of pyridine rings is 1. The number of nitrogens with zero attached hydrogens (tertiary/aromatic N) is 1. The SMILES string of the molecule is OC[C@H]1O[C@H](O[C@H]2O[C@H](C[n+]3cccc4cc(O)ccc43)[C@@H](O)[C@H](O)[C@H]2O)[C@H](O)[C@@H](O)[C@@H]1O. The van der Waals surface area contributed by atoms with Gasteiger partial charge in [0, 0.05) is 12.1 Å². The number of hydrogen-bond donors (Lipinski definition) is 8. The normalized spacial score (nSPS) is 39.6. The van der Waals surface area contributed by atoms with E-state index in [-0.39, 0.29) is 12.3 Å². The fraction of sp³-hybridized carbons (Fsp3) is 0.571. The van der Waals surface area contributed by atoms with Crippen LogP contribution in [0.4, 0.5) is 0 Å². The van der Waals surface area contributed by atoms with Crippen LogP contribution in [0.5, 0.6) is 5.75 Å². The van der Waals surface area contributed by atoms with Crippen LogP contribution >= 0.6 is 0 Å². The molecule has 2 saturated heterocycles. The molecule has 10 atom stereocenters. The lowest BCUT2D eigenvalue weighted by Crippen LogP contribution is -2.64. The molecule has 0 radical (unpaired) electrons. The third-order valence-corrected chi connectivity index (χ3v) is 6.02. The Labute approximate surface area is 188 Å². The molecule has 12 nitrogen and oxygen atoms in total. The minimum atomic E-state index is -1.74. The Balaban J connectivity index is 1.53. The Morgan fingerprint density at radius 3 is 2.03 bits per heavy atom. The van der Waals surface area contributed by atoms with Gasteiger partial charge in [0.05, 0.1) is 12.0 Å². The molecule has 0 unspecified atom stereocenters. The van der Waals surface area contributed by atoms with E-state index >= 15 is 0 Å². The van der Waals surface area contributed by atoms with Crippen LogP contribution in [0.1, 0.15) is 0 Å². The molecule has 8 N–H and O–H groups in total. The number of phenols is 1. The topological polar surface area (TPSA) is 193 Å². The van der Waals surface area contributed by atoms with Crippen LogP contribution < -0.4 is 4.57 Å². The summed E-state index contributed by atoms with van der Waals surface area (Å²) >= 11 is 0. The molecule has 12 heteroatoms. The third kappa shape index (κ3) is 4.68. The quantitative estimate of drug-likeness (QED) is 0.202. The summed E-state index contributed by atoms with van der Waals surface area (Å²) in [4.78, 5) is 0. The lowest BCUT2D eigenvalue weighted by atomic mass is 9.97. The second-order valence-corrected chi connectivity index (χ2v) is 8.25. The van der Waals surface area contributed by atoms with Crippen LogP contribution in [0.25, 0.3) is 10.9 Å². The molecule has 2 aromatic rings. The predicted octanol–water partition coefficient (Wildman–Crippen LogP) is -3.54. The van der Waals surface area contributed by atoms with Gasteiger partial charge in [-0.3, -0.25) is 0 Å². The van der Waals surface area contributed by atoms with Crippen molar-refractivity contribution in [3.05, 3.63) is 36.5 Å². The first-order valence-corrected chi connectivity index (χ1v) is 10.5. The first kappa shape index (κ1) is 24.2. The van der Waals surface area contributed by atoms with Crippen LogP contribution in [0.3, 0.4) is 0 Å². The Bertz CT molecular complexity index is 959. The molecule has 182 valence electrons. The highest BCUT2D eigenvalue weighted by atomic mass is 16.8. The van der Waals surface area contributed by atoms with Gasteiger partial charge < -0.3 is 55.1 Å². The molecule has 3 heterocycles. The van der Waals surface area contributed by atoms with Crippen molar-refractivity contribution < 1.29 is 59.6 Å². The van der Waals surface area contributed by atoms with Crippen LogP contribution in [0, 0.1) is 0 Å². The van der Waals surface area contributed by atoms with E-state index < -0.39 is 68.0 Å². The van der Waals surface area contributed by atoms with Crippen LogP contribution in [-0.4, -0.2) is 109 Å². The van der Waals surface area contributed by atoms with Gasteiger partial charge >= 0.3 is 0 Å². The molecule has 0 amide bonds. The summed E-state index contributed by atoms with van der Waals surface area (Å²) in [7, 11) is 0. The number of aromatic hydroxyl groups is 1. The van der Waals surface area contributed by atoms with Gasteiger partial charge in [-0.2, -0.15) is 4.57 Å². The lowest BCUT2D eigenvalue weighted by Gasteiger charge is -2.44. The van der Waals surface area contributed by atoms with Crippen LogP contribution in [0.15, 0.2) is 36.5 Å². The number of aromatic nitrogens is 1. The number of phenolic OH excluding ortho intramolecular Hbond substituents is 1. The largest absolute Gasteiger partial charge is 0.508 e. The van der Waals surface area contributed by atoms with Gasteiger partial charge in [-0.1, -0.05) is 0 Å². The monoisotopic (exact) mass is 470 g/mol. The fourth-order valence-corrected chi connectivity index (χ4v) is 4.11. The van der Waals surface area contributed by atoms with E-state index in [1.54, 1.807) is 35.0 Å². The summed E-state index contributed by atoms with van der Waals surface area (Å²) in [5.74, 6) is 0.0840. The summed E-state index contributed by atoms with van der Waals surface area (Å²) in [5, 5.41) is 81.0. The van der Waals surface area contributed by atoms with E-state index in [1.807, 2.05) is 0 Å². The first-order chi connectivity index (χ1) is 15.7. The smallest absolute Gasteiger partial charge is 0.212 e. The summed E-state index contributed by atoms with van der Waals surface area (Å²) in [6.45, 7) is -0.641.